The van der Waals surface area contributed by atoms with Crippen LogP contribution < -0.4 is 11.5 Å². The number of fused-ring (bicyclic) bond motifs is 1. The molecule has 2 heterocycles. The number of Topliss-reactive ketones (excluding diaryl/α,β-unsaturated/α-hetero) is 1. The lowest BCUT2D eigenvalue weighted by atomic mass is 9.77. The van der Waals surface area contributed by atoms with Gasteiger partial charge in [0.25, 0.3) is 0 Å². The molecule has 1 unspecified atom stereocenters. The number of benzene rings is 1. The van der Waals surface area contributed by atoms with Crippen LogP contribution in [0.2, 0.25) is 0 Å². The van der Waals surface area contributed by atoms with Gasteiger partial charge in [-0.25, -0.2) is 4.79 Å². The van der Waals surface area contributed by atoms with E-state index in [9.17, 15) is 29.4 Å². The Balaban J connectivity index is 1.92. The molecule has 1 aromatic heterocycles. The lowest BCUT2D eigenvalue weighted by Gasteiger charge is -2.40. The van der Waals surface area contributed by atoms with Crippen LogP contribution in [0.5, 0.6) is 0 Å². The minimum absolute atomic E-state index is 0.0677. The van der Waals surface area contributed by atoms with Crippen molar-refractivity contribution in [3.05, 3.63) is 36.0 Å². The van der Waals surface area contributed by atoms with Crippen molar-refractivity contribution in [2.75, 3.05) is 13.1 Å². The van der Waals surface area contributed by atoms with E-state index < -0.39 is 47.5 Å². The summed E-state index contributed by atoms with van der Waals surface area (Å²) in [5, 5.41) is 20.8. The molecule has 1 fully saturated rings. The number of nitrogens with one attached hydrogen (secondary N) is 1. The number of H-pyrrole nitrogens is 1. The zero-order chi connectivity index (χ0) is 24.2. The molecule has 0 saturated carbocycles. The number of carboxylic acids is 2. The van der Waals surface area contributed by atoms with Gasteiger partial charge in [-0.1, -0.05) is 24.6 Å². The van der Waals surface area contributed by atoms with Crippen LogP contribution in [0.1, 0.15) is 48.9 Å². The number of aliphatic carboxylic acids is 2. The van der Waals surface area contributed by atoms with Crippen LogP contribution in [0.4, 0.5) is 0 Å². The highest BCUT2D eigenvalue weighted by Crippen LogP contribution is 2.40. The van der Waals surface area contributed by atoms with Gasteiger partial charge in [0.05, 0.1) is 12.0 Å². The Bertz CT molecular complexity index is 1050. The van der Waals surface area contributed by atoms with Crippen molar-refractivity contribution in [3.8, 4) is 0 Å². The number of nitrogens with two attached hydrogens (primary N) is 2. The average Bonchev–Trinajstić information content (AvgIpc) is 3.42. The maximum atomic E-state index is 13.1. The number of aromatic amines is 1. The SMILES string of the molecule is NCCCC[C@H](N)C(=O)N1CCC[C@]1(C(=O)O)C(CC(=O)c1c[nH]c2ccccc12)C(=O)O. The van der Waals surface area contributed by atoms with Gasteiger partial charge in [-0.2, -0.15) is 0 Å². The van der Waals surface area contributed by atoms with E-state index in [4.69, 9.17) is 11.5 Å². The Hall–Kier alpha value is -3.24. The van der Waals surface area contributed by atoms with Crippen LogP contribution >= 0.6 is 0 Å². The molecule has 1 aliphatic rings. The van der Waals surface area contributed by atoms with E-state index in [-0.39, 0.29) is 18.5 Å². The summed E-state index contributed by atoms with van der Waals surface area (Å²) in [7, 11) is 0. The maximum Gasteiger partial charge on any atom is 0.330 e. The fourth-order valence-corrected chi connectivity index (χ4v) is 4.77. The van der Waals surface area contributed by atoms with Gasteiger partial charge in [0.15, 0.2) is 11.3 Å². The van der Waals surface area contributed by atoms with Crippen molar-refractivity contribution in [3.63, 3.8) is 0 Å². The number of hydrogen-bond donors (Lipinski definition) is 5. The number of nitrogens with zero attached hydrogens (tertiary/aromatic N) is 1. The highest BCUT2D eigenvalue weighted by molar-refractivity contribution is 6.09. The standard InChI is InChI=1S/C23H30N4O6/c24-10-4-3-7-17(25)20(29)27-11-5-9-23(27,22(32)33)16(21(30)31)12-19(28)15-13-26-18-8-2-1-6-14(15)18/h1-2,6,8,13,16-17,26H,3-5,7,9-12,24-25H2,(H,30,31)(H,32,33)/t16?,17-,23+/m0/s1. The van der Waals surface area contributed by atoms with E-state index in [2.05, 4.69) is 4.98 Å². The highest BCUT2D eigenvalue weighted by atomic mass is 16.4. The second kappa shape index (κ2) is 10.1. The first-order valence-electron chi connectivity index (χ1n) is 11.1. The quantitative estimate of drug-likeness (QED) is 0.247. The van der Waals surface area contributed by atoms with Gasteiger partial charge in [0, 0.05) is 35.6 Å². The number of rotatable bonds is 11. The first-order valence-corrected chi connectivity index (χ1v) is 11.1. The molecule has 10 heteroatoms. The lowest BCUT2D eigenvalue weighted by molar-refractivity contribution is -0.168. The molecule has 7 N–H and O–H groups in total. The monoisotopic (exact) mass is 458 g/mol. The molecule has 1 aromatic carbocycles. The third-order valence-electron chi connectivity index (χ3n) is 6.50. The number of amides is 1. The molecule has 3 atom stereocenters. The van der Waals surface area contributed by atoms with Gasteiger partial charge in [0.1, 0.15) is 0 Å². The molecule has 2 aromatic rings. The Morgan fingerprint density at radius 2 is 1.88 bits per heavy atom. The van der Waals surface area contributed by atoms with Crippen molar-refractivity contribution >= 4 is 34.5 Å². The molecule has 1 aliphatic heterocycles. The molecule has 1 saturated heterocycles. The van der Waals surface area contributed by atoms with Crippen LogP contribution in [-0.2, 0) is 14.4 Å². The maximum absolute atomic E-state index is 13.1. The van der Waals surface area contributed by atoms with Crippen molar-refractivity contribution in [1.29, 1.82) is 0 Å². The first-order chi connectivity index (χ1) is 15.7. The van der Waals surface area contributed by atoms with Gasteiger partial charge in [-0.3, -0.25) is 14.4 Å². The van der Waals surface area contributed by atoms with Crippen molar-refractivity contribution in [2.24, 2.45) is 17.4 Å². The number of likely N-dealkylation sites (tertiary alicyclic amines) is 1. The largest absolute Gasteiger partial charge is 0.481 e. The number of hydrogen-bond acceptors (Lipinski definition) is 6. The van der Waals surface area contributed by atoms with Crippen molar-refractivity contribution in [2.45, 2.75) is 50.1 Å². The third-order valence-corrected chi connectivity index (χ3v) is 6.50. The lowest BCUT2D eigenvalue weighted by Crippen LogP contribution is -2.62. The summed E-state index contributed by atoms with van der Waals surface area (Å²) in [5.41, 5.74) is 10.5. The van der Waals surface area contributed by atoms with Crippen LogP contribution in [0.25, 0.3) is 10.9 Å². The normalized spacial score (nSPS) is 20.0. The molecule has 1 amide bonds. The summed E-state index contributed by atoms with van der Waals surface area (Å²) >= 11 is 0. The smallest absolute Gasteiger partial charge is 0.330 e. The van der Waals surface area contributed by atoms with Crippen molar-refractivity contribution < 1.29 is 29.4 Å². The average molecular weight is 459 g/mol. The minimum Gasteiger partial charge on any atom is -0.481 e. The van der Waals surface area contributed by atoms with Gasteiger partial charge in [0.2, 0.25) is 5.91 Å². The van der Waals surface area contributed by atoms with E-state index in [1.807, 2.05) is 0 Å². The second-order valence-electron chi connectivity index (χ2n) is 8.48. The fraction of sp³-hybridized carbons (Fsp3) is 0.478. The molecule has 33 heavy (non-hydrogen) atoms. The fourth-order valence-electron chi connectivity index (χ4n) is 4.77. The highest BCUT2D eigenvalue weighted by Gasteiger charge is 2.58. The van der Waals surface area contributed by atoms with E-state index in [0.29, 0.717) is 43.1 Å². The van der Waals surface area contributed by atoms with Crippen LogP contribution in [0.3, 0.4) is 0 Å². The summed E-state index contributed by atoms with van der Waals surface area (Å²) < 4.78 is 0. The third kappa shape index (κ3) is 4.62. The Kier molecular flexibility index (Phi) is 7.50. The van der Waals surface area contributed by atoms with Crippen LogP contribution in [0, 0.1) is 5.92 Å². The molecule has 3 rings (SSSR count). The number of para-hydroxylation sites is 1. The predicted octanol–water partition coefficient (Wildman–Crippen LogP) is 1.34. The number of carbonyl (C=O) groups excluding carboxylic acids is 2. The van der Waals surface area contributed by atoms with E-state index in [1.54, 1.807) is 24.3 Å². The minimum atomic E-state index is -2.05. The molecular formula is C23H30N4O6. The van der Waals surface area contributed by atoms with Crippen LogP contribution in [0.15, 0.2) is 30.5 Å². The van der Waals surface area contributed by atoms with Gasteiger partial charge in [-0.15, -0.1) is 0 Å². The van der Waals surface area contributed by atoms with Gasteiger partial charge < -0.3 is 31.6 Å². The topological polar surface area (TPSA) is 180 Å². The molecule has 0 radical (unpaired) electrons. The summed E-state index contributed by atoms with van der Waals surface area (Å²) in [6.45, 7) is 0.515. The van der Waals surface area contributed by atoms with Crippen LogP contribution in [-0.4, -0.2) is 68.4 Å². The second-order valence-corrected chi connectivity index (χ2v) is 8.48. The van der Waals surface area contributed by atoms with E-state index >= 15 is 0 Å². The molecule has 0 bridgehead atoms. The number of ketones is 1. The summed E-state index contributed by atoms with van der Waals surface area (Å²) in [6.07, 6.45) is 2.75. The van der Waals surface area contributed by atoms with Crippen molar-refractivity contribution in [1.82, 2.24) is 9.88 Å². The number of carbonyl (C=O) groups is 4. The first kappa shape index (κ1) is 24.4. The van der Waals surface area contributed by atoms with E-state index in [1.165, 1.54) is 6.20 Å². The number of aromatic nitrogens is 1. The zero-order valence-corrected chi connectivity index (χ0v) is 18.3. The summed E-state index contributed by atoms with van der Waals surface area (Å²) in [5.74, 6) is -5.63. The van der Waals surface area contributed by atoms with E-state index in [0.717, 1.165) is 4.90 Å². The van der Waals surface area contributed by atoms with Gasteiger partial charge in [-0.05, 0) is 38.3 Å². The summed E-state index contributed by atoms with van der Waals surface area (Å²) in [4.78, 5) is 55.1. The molecular weight excluding hydrogens is 428 g/mol. The number of unbranched alkanes of at least 4 members (excludes halogenated alkanes) is 1. The Morgan fingerprint density at radius 1 is 1.15 bits per heavy atom. The Morgan fingerprint density at radius 3 is 2.55 bits per heavy atom. The molecule has 10 nitrogen and oxygen atoms in total. The Labute approximate surface area is 190 Å². The molecule has 0 spiro atoms. The number of carboxylic acid groups (broad SMARTS) is 2. The predicted molar refractivity (Wildman–Crippen MR) is 121 cm³/mol. The zero-order valence-electron chi connectivity index (χ0n) is 18.3. The van der Waals surface area contributed by atoms with Gasteiger partial charge >= 0.3 is 11.9 Å². The molecule has 178 valence electrons. The summed E-state index contributed by atoms with van der Waals surface area (Å²) in [6, 6.07) is 6.10. The molecule has 0 aliphatic carbocycles.